The van der Waals surface area contributed by atoms with Crippen molar-refractivity contribution in [3.8, 4) is 0 Å². The molecule has 3 rings (SSSR count). The summed E-state index contributed by atoms with van der Waals surface area (Å²) in [7, 11) is 0. The van der Waals surface area contributed by atoms with Crippen LogP contribution in [0.3, 0.4) is 0 Å². The van der Waals surface area contributed by atoms with E-state index in [0.717, 1.165) is 5.56 Å². The number of hydrogen-bond acceptors (Lipinski definition) is 7. The molecule has 0 spiro atoms. The standard InChI is InChI=1S/C24H28N6O5/c1-15(2)13-28(20(31)12-26-18-10-7-11-19(16(18)3)30(34)35)21-22(25)29(24(33)27-23(21)32)14-17-8-5-4-6-9-17/h4-11,15,26H,12-14,25H2,1-3H3,(H,27,32,33). The van der Waals surface area contributed by atoms with E-state index in [4.69, 9.17) is 5.73 Å². The molecule has 11 nitrogen and oxygen atoms in total. The molecule has 1 aromatic heterocycles. The third-order valence-corrected chi connectivity index (χ3v) is 5.45. The Hall–Kier alpha value is -4.41. The highest BCUT2D eigenvalue weighted by Gasteiger charge is 2.25. The number of nitrogens with one attached hydrogen (secondary N) is 2. The molecule has 2 aromatic carbocycles. The van der Waals surface area contributed by atoms with Crippen LogP contribution in [0.2, 0.25) is 0 Å². The topological polar surface area (TPSA) is 156 Å². The summed E-state index contributed by atoms with van der Waals surface area (Å²) in [5.41, 5.74) is 6.26. The molecule has 0 saturated carbocycles. The second-order valence-electron chi connectivity index (χ2n) is 8.52. The number of nitro benzene ring substituents is 1. The maximum Gasteiger partial charge on any atom is 0.330 e. The van der Waals surface area contributed by atoms with Crippen molar-refractivity contribution in [2.24, 2.45) is 5.92 Å². The summed E-state index contributed by atoms with van der Waals surface area (Å²) in [6.07, 6.45) is 0. The van der Waals surface area contributed by atoms with Crippen LogP contribution in [0.5, 0.6) is 0 Å². The van der Waals surface area contributed by atoms with E-state index in [2.05, 4.69) is 10.3 Å². The summed E-state index contributed by atoms with van der Waals surface area (Å²) in [5, 5.41) is 14.1. The summed E-state index contributed by atoms with van der Waals surface area (Å²) >= 11 is 0. The van der Waals surface area contributed by atoms with Gasteiger partial charge in [-0.3, -0.25) is 29.3 Å². The molecule has 35 heavy (non-hydrogen) atoms. The normalized spacial score (nSPS) is 10.9. The lowest BCUT2D eigenvalue weighted by molar-refractivity contribution is -0.385. The van der Waals surface area contributed by atoms with E-state index < -0.39 is 22.1 Å². The number of nitrogens with zero attached hydrogens (tertiary/aromatic N) is 3. The number of aromatic amines is 1. The van der Waals surface area contributed by atoms with Gasteiger partial charge in [-0.2, -0.15) is 0 Å². The summed E-state index contributed by atoms with van der Waals surface area (Å²) in [6.45, 7) is 5.38. The van der Waals surface area contributed by atoms with Crippen LogP contribution in [-0.2, 0) is 11.3 Å². The number of amides is 1. The number of nitrogens with two attached hydrogens (primary N) is 1. The van der Waals surface area contributed by atoms with Crippen LogP contribution in [0, 0.1) is 23.0 Å². The van der Waals surface area contributed by atoms with E-state index in [-0.39, 0.29) is 42.7 Å². The lowest BCUT2D eigenvalue weighted by Gasteiger charge is -2.26. The Morgan fingerprint density at radius 2 is 1.86 bits per heavy atom. The first-order valence-corrected chi connectivity index (χ1v) is 11.0. The molecule has 4 N–H and O–H groups in total. The van der Waals surface area contributed by atoms with E-state index in [9.17, 15) is 24.5 Å². The highest BCUT2D eigenvalue weighted by Crippen LogP contribution is 2.25. The third-order valence-electron chi connectivity index (χ3n) is 5.45. The van der Waals surface area contributed by atoms with Crippen LogP contribution < -0.4 is 27.2 Å². The van der Waals surface area contributed by atoms with Gasteiger partial charge in [-0.15, -0.1) is 0 Å². The smallest absolute Gasteiger partial charge is 0.330 e. The molecule has 0 atom stereocenters. The first-order chi connectivity index (χ1) is 16.6. The number of hydrogen-bond donors (Lipinski definition) is 3. The number of benzene rings is 2. The molecule has 0 unspecified atom stereocenters. The van der Waals surface area contributed by atoms with Crippen LogP contribution >= 0.6 is 0 Å². The number of nitrogen functional groups attached to an aromatic ring is 1. The maximum atomic E-state index is 13.3. The Morgan fingerprint density at radius 3 is 2.49 bits per heavy atom. The first kappa shape index (κ1) is 25.2. The fraction of sp³-hybridized carbons (Fsp3) is 0.292. The largest absolute Gasteiger partial charge is 0.383 e. The monoisotopic (exact) mass is 480 g/mol. The van der Waals surface area contributed by atoms with Crippen molar-refractivity contribution >= 4 is 28.8 Å². The van der Waals surface area contributed by atoms with Gasteiger partial charge < -0.3 is 16.0 Å². The van der Waals surface area contributed by atoms with Crippen molar-refractivity contribution in [2.45, 2.75) is 27.3 Å². The number of nitro groups is 1. The predicted molar refractivity (Wildman–Crippen MR) is 135 cm³/mol. The lowest BCUT2D eigenvalue weighted by atomic mass is 10.1. The predicted octanol–water partition coefficient (Wildman–Crippen LogP) is 2.48. The maximum absolute atomic E-state index is 13.3. The Bertz CT molecular complexity index is 1350. The van der Waals surface area contributed by atoms with Gasteiger partial charge in [0.05, 0.1) is 18.0 Å². The van der Waals surface area contributed by atoms with Crippen LogP contribution in [0.1, 0.15) is 25.0 Å². The number of aromatic nitrogens is 2. The summed E-state index contributed by atoms with van der Waals surface area (Å²) in [6, 6.07) is 13.6. The minimum absolute atomic E-state index is 0.0215. The van der Waals surface area contributed by atoms with Crippen molar-refractivity contribution in [2.75, 3.05) is 29.0 Å². The van der Waals surface area contributed by atoms with Gasteiger partial charge >= 0.3 is 5.69 Å². The van der Waals surface area contributed by atoms with E-state index in [1.807, 2.05) is 44.2 Å². The Labute approximate surface area is 201 Å². The molecule has 0 fully saturated rings. The molecule has 11 heteroatoms. The fourth-order valence-electron chi connectivity index (χ4n) is 3.72. The highest BCUT2D eigenvalue weighted by atomic mass is 16.6. The van der Waals surface area contributed by atoms with Crippen LogP contribution in [0.15, 0.2) is 58.1 Å². The molecule has 184 valence electrons. The molecular formula is C24H28N6O5. The van der Waals surface area contributed by atoms with Gasteiger partial charge in [-0.05, 0) is 24.5 Å². The van der Waals surface area contributed by atoms with E-state index >= 15 is 0 Å². The van der Waals surface area contributed by atoms with Gasteiger partial charge in [-0.1, -0.05) is 50.2 Å². The zero-order valence-corrected chi connectivity index (χ0v) is 19.8. The minimum atomic E-state index is -0.766. The molecule has 0 aliphatic carbocycles. The first-order valence-electron chi connectivity index (χ1n) is 11.0. The number of anilines is 3. The molecule has 0 aliphatic rings. The molecule has 0 saturated heterocycles. The van der Waals surface area contributed by atoms with Crippen molar-refractivity contribution in [3.63, 3.8) is 0 Å². The summed E-state index contributed by atoms with van der Waals surface area (Å²) < 4.78 is 1.21. The van der Waals surface area contributed by atoms with Crippen molar-refractivity contribution in [1.82, 2.24) is 9.55 Å². The second kappa shape index (κ2) is 10.7. The zero-order valence-electron chi connectivity index (χ0n) is 19.8. The van der Waals surface area contributed by atoms with Crippen molar-refractivity contribution in [1.29, 1.82) is 0 Å². The summed E-state index contributed by atoms with van der Waals surface area (Å²) in [4.78, 5) is 52.8. The molecule has 0 aliphatic heterocycles. The second-order valence-corrected chi connectivity index (χ2v) is 8.52. The van der Waals surface area contributed by atoms with Gasteiger partial charge in [0.2, 0.25) is 5.91 Å². The highest BCUT2D eigenvalue weighted by molar-refractivity contribution is 5.98. The van der Waals surface area contributed by atoms with Gasteiger partial charge in [0, 0.05) is 23.9 Å². The molecule has 0 bridgehead atoms. The Kier molecular flexibility index (Phi) is 7.69. The van der Waals surface area contributed by atoms with Gasteiger partial charge in [-0.25, -0.2) is 4.79 Å². The average molecular weight is 481 g/mol. The van der Waals surface area contributed by atoms with Gasteiger partial charge in [0.1, 0.15) is 5.82 Å². The van der Waals surface area contributed by atoms with E-state index in [0.29, 0.717) is 11.3 Å². The quantitative estimate of drug-likeness (QED) is 0.314. The number of rotatable bonds is 9. The number of H-pyrrole nitrogens is 1. The summed E-state index contributed by atoms with van der Waals surface area (Å²) in [5.74, 6) is -0.623. The minimum Gasteiger partial charge on any atom is -0.383 e. The lowest BCUT2D eigenvalue weighted by Crippen LogP contribution is -2.44. The van der Waals surface area contributed by atoms with E-state index in [1.165, 1.54) is 21.6 Å². The van der Waals surface area contributed by atoms with Gasteiger partial charge in [0.15, 0.2) is 5.69 Å². The molecule has 3 aromatic rings. The van der Waals surface area contributed by atoms with Crippen molar-refractivity contribution < 1.29 is 9.72 Å². The third kappa shape index (κ3) is 5.75. The van der Waals surface area contributed by atoms with Crippen molar-refractivity contribution in [3.05, 3.63) is 90.6 Å². The number of carbonyl (C=O) groups is 1. The van der Waals surface area contributed by atoms with Crippen LogP contribution in [0.25, 0.3) is 0 Å². The number of carbonyl (C=O) groups excluding carboxylic acids is 1. The fourth-order valence-corrected chi connectivity index (χ4v) is 3.72. The molecule has 0 radical (unpaired) electrons. The van der Waals surface area contributed by atoms with Gasteiger partial charge in [0.25, 0.3) is 11.2 Å². The zero-order chi connectivity index (χ0) is 25.7. The van der Waals surface area contributed by atoms with E-state index in [1.54, 1.807) is 13.0 Å². The Morgan fingerprint density at radius 1 is 1.17 bits per heavy atom. The van der Waals surface area contributed by atoms with Crippen LogP contribution in [-0.4, -0.2) is 33.5 Å². The SMILES string of the molecule is Cc1c(NCC(=O)N(CC(C)C)c2c(N)n(Cc3ccccc3)c(=O)[nH]c2=O)cccc1[N+](=O)[O-]. The van der Waals surface area contributed by atoms with Crippen LogP contribution in [0.4, 0.5) is 22.9 Å². The Balaban J connectivity index is 1.96. The molecule has 1 amide bonds. The molecule has 1 heterocycles. The molecular weight excluding hydrogens is 452 g/mol. The average Bonchev–Trinajstić information content (AvgIpc) is 2.80.